The molecule has 0 amide bonds. The van der Waals surface area contributed by atoms with E-state index in [0.717, 1.165) is 19.2 Å². The number of ether oxygens (including phenoxy) is 1. The molecule has 0 unspecified atom stereocenters. The van der Waals surface area contributed by atoms with Crippen molar-refractivity contribution < 1.29 is 4.74 Å². The summed E-state index contributed by atoms with van der Waals surface area (Å²) >= 11 is 0. The van der Waals surface area contributed by atoms with E-state index in [1.165, 1.54) is 52.1 Å². The zero-order chi connectivity index (χ0) is 11.2. The van der Waals surface area contributed by atoms with Gasteiger partial charge in [-0.3, -0.25) is 9.80 Å². The van der Waals surface area contributed by atoms with Gasteiger partial charge in [0.15, 0.2) is 0 Å². The molecule has 0 bridgehead atoms. The molecule has 2 fully saturated rings. The van der Waals surface area contributed by atoms with Gasteiger partial charge < -0.3 is 10.1 Å². The summed E-state index contributed by atoms with van der Waals surface area (Å²) in [6.45, 7) is 9.28. The normalized spacial score (nSPS) is 28.7. The molecule has 0 aromatic rings. The number of methoxy groups -OCH3 is 1. The molecular weight excluding hydrogens is 202 g/mol. The SMILES string of the molecule is COCCN1CCN(C[C@@H]2CCCN2)CC1. The third-order valence-corrected chi connectivity index (χ3v) is 3.72. The monoisotopic (exact) mass is 227 g/mol. The van der Waals surface area contributed by atoms with Crippen LogP contribution in [0, 0.1) is 0 Å². The highest BCUT2D eigenvalue weighted by atomic mass is 16.5. The first kappa shape index (κ1) is 12.3. The molecule has 2 aliphatic heterocycles. The van der Waals surface area contributed by atoms with Crippen molar-refractivity contribution in [3.05, 3.63) is 0 Å². The van der Waals surface area contributed by atoms with Gasteiger partial charge in [0.2, 0.25) is 0 Å². The minimum absolute atomic E-state index is 0.755. The van der Waals surface area contributed by atoms with Crippen molar-refractivity contribution >= 4 is 0 Å². The van der Waals surface area contributed by atoms with Crippen LogP contribution in [0.15, 0.2) is 0 Å². The number of hydrogen-bond acceptors (Lipinski definition) is 4. The van der Waals surface area contributed by atoms with E-state index in [9.17, 15) is 0 Å². The van der Waals surface area contributed by atoms with Gasteiger partial charge in [0.1, 0.15) is 0 Å². The van der Waals surface area contributed by atoms with E-state index in [1.807, 2.05) is 0 Å². The van der Waals surface area contributed by atoms with Gasteiger partial charge in [-0.05, 0) is 19.4 Å². The Morgan fingerprint density at radius 2 is 1.94 bits per heavy atom. The molecule has 0 spiro atoms. The summed E-state index contributed by atoms with van der Waals surface area (Å²) in [5, 5.41) is 3.57. The summed E-state index contributed by atoms with van der Waals surface area (Å²) in [7, 11) is 1.78. The van der Waals surface area contributed by atoms with Crippen molar-refractivity contribution in [1.29, 1.82) is 0 Å². The number of rotatable bonds is 5. The van der Waals surface area contributed by atoms with Gasteiger partial charge in [-0.25, -0.2) is 0 Å². The molecule has 2 rings (SSSR count). The van der Waals surface area contributed by atoms with Gasteiger partial charge in [0, 0.05) is 52.4 Å². The Morgan fingerprint density at radius 3 is 2.56 bits per heavy atom. The van der Waals surface area contributed by atoms with Crippen LogP contribution in [0.4, 0.5) is 0 Å². The van der Waals surface area contributed by atoms with E-state index in [0.29, 0.717) is 0 Å². The van der Waals surface area contributed by atoms with Gasteiger partial charge in [0.25, 0.3) is 0 Å². The predicted octanol–water partition coefficient (Wildman–Crippen LogP) is 0.00240. The molecule has 0 aromatic carbocycles. The van der Waals surface area contributed by atoms with Crippen LogP contribution in [0.3, 0.4) is 0 Å². The highest BCUT2D eigenvalue weighted by Gasteiger charge is 2.21. The van der Waals surface area contributed by atoms with Crippen molar-refractivity contribution in [2.75, 3.05) is 59.5 Å². The molecule has 2 heterocycles. The molecule has 94 valence electrons. The molecule has 4 heteroatoms. The van der Waals surface area contributed by atoms with Crippen LogP contribution < -0.4 is 5.32 Å². The van der Waals surface area contributed by atoms with E-state index < -0.39 is 0 Å². The third kappa shape index (κ3) is 3.70. The molecule has 2 aliphatic rings. The fraction of sp³-hybridized carbons (Fsp3) is 1.00. The maximum Gasteiger partial charge on any atom is 0.0589 e. The smallest absolute Gasteiger partial charge is 0.0589 e. The van der Waals surface area contributed by atoms with Crippen LogP contribution in [-0.2, 0) is 4.74 Å². The van der Waals surface area contributed by atoms with Crippen molar-refractivity contribution in [3.8, 4) is 0 Å². The minimum Gasteiger partial charge on any atom is -0.383 e. The van der Waals surface area contributed by atoms with Crippen molar-refractivity contribution in [2.45, 2.75) is 18.9 Å². The molecule has 0 radical (unpaired) electrons. The summed E-state index contributed by atoms with van der Waals surface area (Å²) in [5.41, 5.74) is 0. The Hall–Kier alpha value is -0.160. The maximum absolute atomic E-state index is 5.11. The summed E-state index contributed by atoms with van der Waals surface area (Å²) < 4.78 is 5.11. The van der Waals surface area contributed by atoms with Crippen LogP contribution in [0.25, 0.3) is 0 Å². The Morgan fingerprint density at radius 1 is 1.19 bits per heavy atom. The van der Waals surface area contributed by atoms with Gasteiger partial charge in [0.05, 0.1) is 6.61 Å². The number of piperazine rings is 1. The van der Waals surface area contributed by atoms with E-state index >= 15 is 0 Å². The van der Waals surface area contributed by atoms with Crippen LogP contribution in [0.2, 0.25) is 0 Å². The highest BCUT2D eigenvalue weighted by molar-refractivity contribution is 4.80. The maximum atomic E-state index is 5.11. The molecule has 4 nitrogen and oxygen atoms in total. The summed E-state index contributed by atoms with van der Waals surface area (Å²) in [6, 6.07) is 0.755. The fourth-order valence-corrected chi connectivity index (χ4v) is 2.64. The zero-order valence-corrected chi connectivity index (χ0v) is 10.5. The predicted molar refractivity (Wildman–Crippen MR) is 65.8 cm³/mol. The first-order valence-corrected chi connectivity index (χ1v) is 6.55. The molecule has 0 aliphatic carbocycles. The number of nitrogens with zero attached hydrogens (tertiary/aromatic N) is 2. The molecule has 1 atom stereocenters. The molecule has 0 saturated carbocycles. The average molecular weight is 227 g/mol. The quantitative estimate of drug-likeness (QED) is 0.716. The lowest BCUT2D eigenvalue weighted by Crippen LogP contribution is -2.50. The zero-order valence-electron chi connectivity index (χ0n) is 10.5. The van der Waals surface area contributed by atoms with E-state index in [4.69, 9.17) is 4.74 Å². The Bertz CT molecular complexity index is 187. The van der Waals surface area contributed by atoms with Crippen LogP contribution in [0.5, 0.6) is 0 Å². The molecular formula is C12H25N3O. The Balaban J connectivity index is 1.60. The highest BCUT2D eigenvalue weighted by Crippen LogP contribution is 2.09. The second-order valence-electron chi connectivity index (χ2n) is 4.93. The van der Waals surface area contributed by atoms with Crippen molar-refractivity contribution in [1.82, 2.24) is 15.1 Å². The second-order valence-corrected chi connectivity index (χ2v) is 4.93. The third-order valence-electron chi connectivity index (χ3n) is 3.72. The number of nitrogens with one attached hydrogen (secondary N) is 1. The molecule has 1 N–H and O–H groups in total. The van der Waals surface area contributed by atoms with Crippen LogP contribution in [-0.4, -0.2) is 75.4 Å². The fourth-order valence-electron chi connectivity index (χ4n) is 2.64. The topological polar surface area (TPSA) is 27.7 Å². The Labute approximate surface area is 98.9 Å². The second kappa shape index (κ2) is 6.55. The van der Waals surface area contributed by atoms with E-state index in [-0.39, 0.29) is 0 Å². The van der Waals surface area contributed by atoms with Crippen molar-refractivity contribution in [3.63, 3.8) is 0 Å². The van der Waals surface area contributed by atoms with Crippen LogP contribution in [0.1, 0.15) is 12.8 Å². The first-order valence-electron chi connectivity index (χ1n) is 6.55. The van der Waals surface area contributed by atoms with Crippen molar-refractivity contribution in [2.24, 2.45) is 0 Å². The average Bonchev–Trinajstić information content (AvgIpc) is 2.81. The van der Waals surface area contributed by atoms with E-state index in [2.05, 4.69) is 15.1 Å². The lowest BCUT2D eigenvalue weighted by molar-refractivity contribution is 0.0931. The summed E-state index contributed by atoms with van der Waals surface area (Å²) in [6.07, 6.45) is 2.72. The van der Waals surface area contributed by atoms with Gasteiger partial charge in [-0.2, -0.15) is 0 Å². The molecule has 16 heavy (non-hydrogen) atoms. The molecule has 0 aromatic heterocycles. The molecule has 2 saturated heterocycles. The summed E-state index contributed by atoms with van der Waals surface area (Å²) in [5.74, 6) is 0. The largest absolute Gasteiger partial charge is 0.383 e. The van der Waals surface area contributed by atoms with Gasteiger partial charge >= 0.3 is 0 Å². The van der Waals surface area contributed by atoms with Gasteiger partial charge in [-0.1, -0.05) is 0 Å². The first-order chi connectivity index (χ1) is 7.88. The summed E-state index contributed by atoms with van der Waals surface area (Å²) in [4.78, 5) is 5.11. The van der Waals surface area contributed by atoms with Gasteiger partial charge in [-0.15, -0.1) is 0 Å². The minimum atomic E-state index is 0.755. The van der Waals surface area contributed by atoms with Crippen LogP contribution >= 0.6 is 0 Å². The lowest BCUT2D eigenvalue weighted by Gasteiger charge is -2.35. The standard InChI is InChI=1S/C12H25N3O/c1-16-10-9-14-5-7-15(8-6-14)11-12-3-2-4-13-12/h12-13H,2-11H2,1H3/t12-/m0/s1. The lowest BCUT2D eigenvalue weighted by atomic mass is 10.2. The van der Waals surface area contributed by atoms with E-state index in [1.54, 1.807) is 7.11 Å². The number of hydrogen-bond donors (Lipinski definition) is 1. The Kier molecular flexibility index (Phi) is 5.03.